The second-order valence-corrected chi connectivity index (χ2v) is 7.97. The molecule has 27 heavy (non-hydrogen) atoms. The zero-order valence-electron chi connectivity index (χ0n) is 15.3. The summed E-state index contributed by atoms with van der Waals surface area (Å²) in [6.45, 7) is 4.52. The smallest absolute Gasteiger partial charge is 0.243 e. The van der Waals surface area contributed by atoms with E-state index in [0.717, 1.165) is 5.56 Å². The van der Waals surface area contributed by atoms with E-state index in [0.29, 0.717) is 23.8 Å². The number of aromatic nitrogens is 1. The number of pyridine rings is 1. The Bertz CT molecular complexity index is 970. The van der Waals surface area contributed by atoms with Gasteiger partial charge < -0.3 is 9.15 Å². The number of aryl methyl sites for hydroxylation is 1. The molecule has 0 bridgehead atoms. The van der Waals surface area contributed by atoms with Gasteiger partial charge in [0.05, 0.1) is 36.5 Å². The molecular weight excluding hydrogens is 364 g/mol. The van der Waals surface area contributed by atoms with Crippen LogP contribution in [0, 0.1) is 6.92 Å². The predicted molar refractivity (Wildman–Crippen MR) is 102 cm³/mol. The van der Waals surface area contributed by atoms with Crippen molar-refractivity contribution in [1.29, 1.82) is 0 Å². The van der Waals surface area contributed by atoms with E-state index < -0.39 is 10.0 Å². The van der Waals surface area contributed by atoms with Crippen molar-refractivity contribution in [3.8, 4) is 5.75 Å². The minimum atomic E-state index is -3.75. The van der Waals surface area contributed by atoms with E-state index in [9.17, 15) is 8.42 Å². The summed E-state index contributed by atoms with van der Waals surface area (Å²) in [5.41, 5.74) is 1.43. The first-order chi connectivity index (χ1) is 13.0. The maximum Gasteiger partial charge on any atom is 0.243 e. The predicted octanol–water partition coefficient (Wildman–Crippen LogP) is 3.77. The fourth-order valence-corrected chi connectivity index (χ4v) is 4.19. The summed E-state index contributed by atoms with van der Waals surface area (Å²) >= 11 is 0. The van der Waals surface area contributed by atoms with Crippen molar-refractivity contribution >= 4 is 10.0 Å². The van der Waals surface area contributed by atoms with E-state index in [1.165, 1.54) is 10.6 Å². The van der Waals surface area contributed by atoms with Gasteiger partial charge in [0, 0.05) is 6.20 Å². The molecule has 0 aliphatic heterocycles. The highest BCUT2D eigenvalue weighted by Crippen LogP contribution is 2.26. The summed E-state index contributed by atoms with van der Waals surface area (Å²) in [7, 11) is -3.75. The lowest BCUT2D eigenvalue weighted by molar-refractivity contribution is 0.337. The zero-order valence-corrected chi connectivity index (χ0v) is 16.1. The Morgan fingerprint density at radius 3 is 2.59 bits per heavy atom. The fraction of sp³-hybridized carbons (Fsp3) is 0.250. The van der Waals surface area contributed by atoms with Crippen LogP contribution in [-0.4, -0.2) is 24.3 Å². The molecule has 3 aromatic rings. The van der Waals surface area contributed by atoms with E-state index >= 15 is 0 Å². The zero-order chi connectivity index (χ0) is 19.3. The number of rotatable bonds is 8. The number of sulfonamides is 1. The quantitative estimate of drug-likeness (QED) is 0.589. The van der Waals surface area contributed by atoms with Crippen LogP contribution in [0.25, 0.3) is 0 Å². The van der Waals surface area contributed by atoms with Gasteiger partial charge in [-0.25, -0.2) is 8.42 Å². The standard InChI is InChI=1S/C20H22N2O4S/c1-3-25-20-10-9-19(13-16(20)2)27(23,24)22(15-18-8-6-12-26-18)14-17-7-4-5-11-21-17/h4-13H,3,14-15H2,1-2H3. The van der Waals surface area contributed by atoms with Gasteiger partial charge in [-0.2, -0.15) is 4.31 Å². The van der Waals surface area contributed by atoms with Crippen molar-refractivity contribution < 1.29 is 17.6 Å². The summed E-state index contributed by atoms with van der Waals surface area (Å²) in [5, 5.41) is 0. The summed E-state index contributed by atoms with van der Waals surface area (Å²) in [6.07, 6.45) is 3.18. The van der Waals surface area contributed by atoms with Crippen molar-refractivity contribution in [2.24, 2.45) is 0 Å². The number of benzene rings is 1. The third kappa shape index (κ3) is 4.56. The van der Waals surface area contributed by atoms with E-state index in [4.69, 9.17) is 9.15 Å². The van der Waals surface area contributed by atoms with Crippen LogP contribution in [0.3, 0.4) is 0 Å². The van der Waals surface area contributed by atoms with Crippen molar-refractivity contribution in [3.63, 3.8) is 0 Å². The van der Waals surface area contributed by atoms with Crippen LogP contribution < -0.4 is 4.74 Å². The second-order valence-electron chi connectivity index (χ2n) is 6.03. The molecule has 1 aromatic carbocycles. The van der Waals surface area contributed by atoms with Crippen molar-refractivity contribution in [3.05, 3.63) is 78.0 Å². The summed E-state index contributed by atoms with van der Waals surface area (Å²) in [6, 6.07) is 13.8. The van der Waals surface area contributed by atoms with Crippen LogP contribution in [0.5, 0.6) is 5.75 Å². The minimum absolute atomic E-state index is 0.123. The van der Waals surface area contributed by atoms with Crippen molar-refractivity contribution in [1.82, 2.24) is 9.29 Å². The molecule has 3 rings (SSSR count). The van der Waals surface area contributed by atoms with Crippen LogP contribution in [0.2, 0.25) is 0 Å². The molecule has 0 radical (unpaired) electrons. The molecule has 7 heteroatoms. The van der Waals surface area contributed by atoms with Crippen LogP contribution >= 0.6 is 0 Å². The molecule has 6 nitrogen and oxygen atoms in total. The van der Waals surface area contributed by atoms with Crippen LogP contribution in [0.4, 0.5) is 0 Å². The Morgan fingerprint density at radius 1 is 1.11 bits per heavy atom. The van der Waals surface area contributed by atoms with Crippen molar-refractivity contribution in [2.45, 2.75) is 31.8 Å². The molecule has 0 N–H and O–H groups in total. The Labute approximate surface area is 159 Å². The lowest BCUT2D eigenvalue weighted by Gasteiger charge is -2.21. The van der Waals surface area contributed by atoms with Gasteiger partial charge >= 0.3 is 0 Å². The average Bonchev–Trinajstić information content (AvgIpc) is 3.17. The molecule has 0 unspecified atom stereocenters. The van der Waals surface area contributed by atoms with Gasteiger partial charge in [-0.3, -0.25) is 4.98 Å². The van der Waals surface area contributed by atoms with Gasteiger partial charge in [0.2, 0.25) is 10.0 Å². The molecule has 142 valence electrons. The molecule has 0 aliphatic rings. The first-order valence-electron chi connectivity index (χ1n) is 8.66. The number of furan rings is 1. The Morgan fingerprint density at radius 2 is 1.96 bits per heavy atom. The molecule has 2 aromatic heterocycles. The topological polar surface area (TPSA) is 72.6 Å². The molecule has 2 heterocycles. The van der Waals surface area contributed by atoms with Gasteiger partial charge in [-0.05, 0) is 61.9 Å². The van der Waals surface area contributed by atoms with E-state index in [1.54, 1.807) is 48.7 Å². The number of hydrogen-bond donors (Lipinski definition) is 0. The maximum atomic E-state index is 13.3. The normalized spacial score (nSPS) is 11.7. The summed E-state index contributed by atoms with van der Waals surface area (Å²) in [4.78, 5) is 4.47. The Balaban J connectivity index is 1.95. The van der Waals surface area contributed by atoms with Gasteiger partial charge in [0.15, 0.2) is 0 Å². The van der Waals surface area contributed by atoms with E-state index in [-0.39, 0.29) is 18.0 Å². The van der Waals surface area contributed by atoms with Gasteiger partial charge in [0.1, 0.15) is 11.5 Å². The number of nitrogens with zero attached hydrogens (tertiary/aromatic N) is 2. The fourth-order valence-electron chi connectivity index (χ4n) is 2.72. The third-order valence-corrected chi connectivity index (χ3v) is 5.85. The third-order valence-electron chi connectivity index (χ3n) is 4.06. The molecule has 0 aliphatic carbocycles. The summed E-state index contributed by atoms with van der Waals surface area (Å²) < 4.78 is 38.8. The minimum Gasteiger partial charge on any atom is -0.494 e. The van der Waals surface area contributed by atoms with Crippen molar-refractivity contribution in [2.75, 3.05) is 6.61 Å². The highest BCUT2D eigenvalue weighted by molar-refractivity contribution is 7.89. The first kappa shape index (κ1) is 19.1. The Hall–Kier alpha value is -2.64. The number of hydrogen-bond acceptors (Lipinski definition) is 5. The van der Waals surface area contributed by atoms with E-state index in [1.807, 2.05) is 19.9 Å². The highest BCUT2D eigenvalue weighted by Gasteiger charge is 2.26. The highest BCUT2D eigenvalue weighted by atomic mass is 32.2. The monoisotopic (exact) mass is 386 g/mol. The lowest BCUT2D eigenvalue weighted by Crippen LogP contribution is -2.30. The SMILES string of the molecule is CCOc1ccc(S(=O)(=O)N(Cc2ccccn2)Cc2ccco2)cc1C. The van der Waals surface area contributed by atoms with Crippen LogP contribution in [0.15, 0.2) is 70.3 Å². The largest absolute Gasteiger partial charge is 0.494 e. The van der Waals surface area contributed by atoms with Crippen LogP contribution in [-0.2, 0) is 23.1 Å². The average molecular weight is 386 g/mol. The molecule has 0 fully saturated rings. The molecular formula is C20H22N2O4S. The van der Waals surface area contributed by atoms with Gasteiger partial charge in [0.25, 0.3) is 0 Å². The van der Waals surface area contributed by atoms with Gasteiger partial charge in [-0.15, -0.1) is 0 Å². The molecule has 0 saturated carbocycles. The lowest BCUT2D eigenvalue weighted by atomic mass is 10.2. The Kier molecular flexibility index (Phi) is 5.93. The van der Waals surface area contributed by atoms with Gasteiger partial charge in [-0.1, -0.05) is 6.07 Å². The second kappa shape index (κ2) is 8.37. The first-order valence-corrected chi connectivity index (χ1v) is 10.1. The molecule has 0 atom stereocenters. The molecule has 0 saturated heterocycles. The van der Waals surface area contributed by atoms with Crippen LogP contribution in [0.1, 0.15) is 23.9 Å². The molecule has 0 spiro atoms. The molecule has 0 amide bonds. The maximum absolute atomic E-state index is 13.3. The van der Waals surface area contributed by atoms with E-state index in [2.05, 4.69) is 4.98 Å². The summed E-state index contributed by atoms with van der Waals surface area (Å²) in [5.74, 6) is 1.25. The number of ether oxygens (including phenoxy) is 1.